The van der Waals surface area contributed by atoms with Crippen molar-refractivity contribution in [1.82, 2.24) is 19.7 Å². The van der Waals surface area contributed by atoms with Gasteiger partial charge in [0.05, 0.1) is 0 Å². The predicted octanol–water partition coefficient (Wildman–Crippen LogP) is 5.21. The number of hydrogen-bond acceptors (Lipinski definition) is 6. The minimum atomic E-state index is -1.09. The molecule has 0 fully saturated rings. The molecule has 33 heavy (non-hydrogen) atoms. The Hall–Kier alpha value is -3.91. The van der Waals surface area contributed by atoms with Gasteiger partial charge in [0, 0.05) is 29.2 Å². The molecular weight excluding hydrogens is 442 g/mol. The number of rotatable bonds is 7. The molecule has 9 heteroatoms. The molecular formula is C24H22ClN5O3. The van der Waals surface area contributed by atoms with Crippen molar-refractivity contribution in [3.63, 3.8) is 0 Å². The van der Waals surface area contributed by atoms with Crippen molar-refractivity contribution in [3.8, 4) is 23.2 Å². The highest BCUT2D eigenvalue weighted by atomic mass is 35.5. The maximum absolute atomic E-state index is 12.7. The number of aromatic nitrogens is 4. The highest BCUT2D eigenvalue weighted by Crippen LogP contribution is 2.24. The van der Waals surface area contributed by atoms with E-state index in [0.717, 1.165) is 5.82 Å². The van der Waals surface area contributed by atoms with E-state index in [1.54, 1.807) is 80.7 Å². The van der Waals surface area contributed by atoms with Crippen LogP contribution >= 0.6 is 11.6 Å². The predicted molar refractivity (Wildman–Crippen MR) is 125 cm³/mol. The maximum atomic E-state index is 12.7. The number of amides is 1. The summed E-state index contributed by atoms with van der Waals surface area (Å²) in [5.74, 6) is 2.65. The van der Waals surface area contributed by atoms with Crippen LogP contribution in [0.5, 0.6) is 17.4 Å². The van der Waals surface area contributed by atoms with Gasteiger partial charge in [-0.2, -0.15) is 0 Å². The molecule has 2 aromatic heterocycles. The number of nitrogens with zero attached hydrogens (tertiary/aromatic N) is 4. The lowest BCUT2D eigenvalue weighted by atomic mass is 10.1. The lowest BCUT2D eigenvalue weighted by molar-refractivity contribution is -0.128. The summed E-state index contributed by atoms with van der Waals surface area (Å²) < 4.78 is 13.4. The molecule has 0 spiro atoms. The van der Waals surface area contributed by atoms with E-state index in [4.69, 9.17) is 21.1 Å². The maximum Gasteiger partial charge on any atom is 0.267 e. The summed E-state index contributed by atoms with van der Waals surface area (Å²) in [6.45, 7) is 5.28. The number of carbonyl (C=O) groups excluding carboxylic acids is 1. The smallest absolute Gasteiger partial charge is 0.267 e. The van der Waals surface area contributed by atoms with Gasteiger partial charge in [0.1, 0.15) is 17.3 Å². The molecule has 0 radical (unpaired) electrons. The van der Waals surface area contributed by atoms with Gasteiger partial charge < -0.3 is 14.8 Å². The zero-order valence-electron chi connectivity index (χ0n) is 18.3. The molecule has 0 aliphatic rings. The normalized spacial score (nSPS) is 11.2. The van der Waals surface area contributed by atoms with Crippen LogP contribution in [-0.2, 0) is 4.79 Å². The second-order valence-electron chi connectivity index (χ2n) is 7.72. The van der Waals surface area contributed by atoms with E-state index in [9.17, 15) is 4.79 Å². The molecule has 0 atom stereocenters. The fourth-order valence-electron chi connectivity index (χ4n) is 2.97. The number of carbonyl (C=O) groups is 1. The highest BCUT2D eigenvalue weighted by molar-refractivity contribution is 6.30. The Kier molecular flexibility index (Phi) is 6.28. The molecule has 2 heterocycles. The van der Waals surface area contributed by atoms with Crippen molar-refractivity contribution < 1.29 is 14.3 Å². The number of benzene rings is 2. The lowest BCUT2D eigenvalue weighted by Gasteiger charge is -2.25. The second kappa shape index (κ2) is 9.30. The first-order valence-electron chi connectivity index (χ1n) is 10.2. The first-order valence-corrected chi connectivity index (χ1v) is 10.6. The van der Waals surface area contributed by atoms with Gasteiger partial charge in [-0.15, -0.1) is 10.2 Å². The Bertz CT molecular complexity index is 1240. The summed E-state index contributed by atoms with van der Waals surface area (Å²) in [6, 6.07) is 17.3. The minimum absolute atomic E-state index is 0.289. The Morgan fingerprint density at radius 1 is 0.970 bits per heavy atom. The summed E-state index contributed by atoms with van der Waals surface area (Å²) in [5.41, 5.74) is -0.481. The van der Waals surface area contributed by atoms with E-state index < -0.39 is 5.60 Å². The van der Waals surface area contributed by atoms with Crippen LogP contribution in [0.4, 0.5) is 5.69 Å². The first-order chi connectivity index (χ1) is 15.8. The molecule has 0 aliphatic carbocycles. The van der Waals surface area contributed by atoms with Gasteiger partial charge in [-0.25, -0.2) is 4.98 Å². The third kappa shape index (κ3) is 5.48. The Balaban J connectivity index is 1.36. The highest BCUT2D eigenvalue weighted by Gasteiger charge is 2.30. The second-order valence-corrected chi connectivity index (χ2v) is 8.16. The van der Waals surface area contributed by atoms with Gasteiger partial charge in [0.15, 0.2) is 11.4 Å². The summed E-state index contributed by atoms with van der Waals surface area (Å²) in [6.07, 6.45) is 3.52. The van der Waals surface area contributed by atoms with E-state index in [2.05, 4.69) is 20.5 Å². The van der Waals surface area contributed by atoms with Gasteiger partial charge in [-0.05, 0) is 75.4 Å². The van der Waals surface area contributed by atoms with Gasteiger partial charge >= 0.3 is 0 Å². The molecule has 0 unspecified atom stereocenters. The standard InChI is InChI=1S/C24H22ClN5O3/c1-16-26-14-15-30(16)21-12-13-22(29-28-21)32-19-10-6-18(7-11-19)27-23(31)24(2,3)33-20-8-4-17(25)5-9-20/h4-15H,1-3H3,(H,27,31). The summed E-state index contributed by atoms with van der Waals surface area (Å²) in [4.78, 5) is 16.9. The van der Waals surface area contributed by atoms with E-state index in [1.807, 2.05) is 17.7 Å². The molecule has 4 rings (SSSR count). The van der Waals surface area contributed by atoms with Crippen molar-refractivity contribution in [1.29, 1.82) is 0 Å². The molecule has 0 bridgehead atoms. The third-order valence-corrected chi connectivity index (χ3v) is 5.02. The van der Waals surface area contributed by atoms with Gasteiger partial charge in [-0.3, -0.25) is 9.36 Å². The number of imidazole rings is 1. The van der Waals surface area contributed by atoms with E-state index in [0.29, 0.717) is 33.9 Å². The molecule has 168 valence electrons. The average Bonchev–Trinajstić information content (AvgIpc) is 3.23. The number of nitrogens with one attached hydrogen (secondary N) is 1. The van der Waals surface area contributed by atoms with Crippen molar-refractivity contribution >= 4 is 23.2 Å². The van der Waals surface area contributed by atoms with Gasteiger partial charge in [0.2, 0.25) is 5.88 Å². The molecule has 0 saturated heterocycles. The quantitative estimate of drug-likeness (QED) is 0.404. The van der Waals surface area contributed by atoms with Crippen LogP contribution in [0.25, 0.3) is 5.82 Å². The fourth-order valence-corrected chi connectivity index (χ4v) is 3.09. The van der Waals surface area contributed by atoms with Crippen LogP contribution in [0.3, 0.4) is 0 Å². The molecule has 1 N–H and O–H groups in total. The Labute approximate surface area is 196 Å². The molecule has 0 saturated carbocycles. The number of anilines is 1. The minimum Gasteiger partial charge on any atom is -0.478 e. The topological polar surface area (TPSA) is 91.2 Å². The molecule has 4 aromatic rings. The van der Waals surface area contributed by atoms with Crippen molar-refractivity contribution in [3.05, 3.63) is 83.9 Å². The number of hydrogen-bond donors (Lipinski definition) is 1. The number of halogens is 1. The number of ether oxygens (including phenoxy) is 2. The van der Waals surface area contributed by atoms with E-state index >= 15 is 0 Å². The van der Waals surface area contributed by atoms with Crippen LogP contribution in [0.1, 0.15) is 19.7 Å². The Morgan fingerprint density at radius 2 is 1.67 bits per heavy atom. The molecule has 8 nitrogen and oxygen atoms in total. The SMILES string of the molecule is Cc1nccn1-c1ccc(Oc2ccc(NC(=O)C(C)(C)Oc3ccc(Cl)cc3)cc2)nn1. The van der Waals surface area contributed by atoms with Gasteiger partial charge in [0.25, 0.3) is 5.91 Å². The fraction of sp³-hybridized carbons (Fsp3) is 0.167. The Morgan fingerprint density at radius 3 is 2.27 bits per heavy atom. The van der Waals surface area contributed by atoms with Crippen molar-refractivity contribution in [2.75, 3.05) is 5.32 Å². The van der Waals surface area contributed by atoms with Crippen LogP contribution in [0.2, 0.25) is 5.02 Å². The zero-order valence-corrected chi connectivity index (χ0v) is 19.1. The largest absolute Gasteiger partial charge is 0.478 e. The average molecular weight is 464 g/mol. The zero-order chi connectivity index (χ0) is 23.4. The summed E-state index contributed by atoms with van der Waals surface area (Å²) in [5, 5.41) is 11.7. The van der Waals surface area contributed by atoms with Crippen molar-refractivity contribution in [2.45, 2.75) is 26.4 Å². The molecule has 2 aromatic carbocycles. The van der Waals surface area contributed by atoms with Crippen LogP contribution in [0, 0.1) is 6.92 Å². The summed E-state index contributed by atoms with van der Waals surface area (Å²) in [7, 11) is 0. The third-order valence-electron chi connectivity index (χ3n) is 4.77. The number of aryl methyl sites for hydroxylation is 1. The monoisotopic (exact) mass is 463 g/mol. The van der Waals surface area contributed by atoms with Crippen LogP contribution < -0.4 is 14.8 Å². The van der Waals surface area contributed by atoms with E-state index in [1.165, 1.54) is 0 Å². The first kappa shape index (κ1) is 22.3. The summed E-state index contributed by atoms with van der Waals surface area (Å²) >= 11 is 5.89. The van der Waals surface area contributed by atoms with Crippen molar-refractivity contribution in [2.24, 2.45) is 0 Å². The van der Waals surface area contributed by atoms with Crippen LogP contribution in [-0.4, -0.2) is 31.3 Å². The molecule has 1 amide bonds. The molecule has 0 aliphatic heterocycles. The van der Waals surface area contributed by atoms with Gasteiger partial charge in [-0.1, -0.05) is 11.6 Å². The lowest BCUT2D eigenvalue weighted by Crippen LogP contribution is -2.42. The van der Waals surface area contributed by atoms with Crippen LogP contribution in [0.15, 0.2) is 73.1 Å². The van der Waals surface area contributed by atoms with E-state index in [-0.39, 0.29) is 5.91 Å².